The standard InChI is InChI=1S/C13H17N3O2S2/c1-2-12-14-8-13(15-12)20(17,18)16-10-4-3-5-11-9(10)6-7-19-11/h6-8,10,16H,2-5H2,1H3,(H,14,15). The van der Waals surface area contributed by atoms with Crippen LogP contribution in [0, 0.1) is 0 Å². The largest absolute Gasteiger partial charge is 0.332 e. The molecule has 1 atom stereocenters. The van der Waals surface area contributed by atoms with E-state index in [1.54, 1.807) is 11.3 Å². The van der Waals surface area contributed by atoms with E-state index in [0.29, 0.717) is 12.2 Å². The molecule has 1 unspecified atom stereocenters. The number of thiophene rings is 1. The van der Waals surface area contributed by atoms with Crippen molar-refractivity contribution >= 4 is 21.4 Å². The molecule has 2 aromatic rings. The molecule has 0 fully saturated rings. The Morgan fingerprint density at radius 1 is 1.55 bits per heavy atom. The molecule has 0 aliphatic heterocycles. The first-order valence-corrected chi connectivity index (χ1v) is 9.09. The molecule has 0 saturated heterocycles. The van der Waals surface area contributed by atoms with Gasteiger partial charge in [-0.3, -0.25) is 0 Å². The zero-order valence-corrected chi connectivity index (χ0v) is 12.9. The normalized spacial score (nSPS) is 18.9. The Bertz CT molecular complexity index is 703. The van der Waals surface area contributed by atoms with Gasteiger partial charge in [0.1, 0.15) is 5.82 Å². The number of fused-ring (bicyclic) bond motifs is 1. The number of hydrogen-bond donors (Lipinski definition) is 2. The van der Waals surface area contributed by atoms with Gasteiger partial charge in [0, 0.05) is 17.3 Å². The first kappa shape index (κ1) is 13.8. The van der Waals surface area contributed by atoms with E-state index < -0.39 is 10.0 Å². The molecule has 5 nitrogen and oxygen atoms in total. The third-order valence-corrected chi connectivity index (χ3v) is 5.96. The maximum atomic E-state index is 12.4. The average Bonchev–Trinajstić information content (AvgIpc) is 3.08. The van der Waals surface area contributed by atoms with E-state index in [9.17, 15) is 8.42 Å². The summed E-state index contributed by atoms with van der Waals surface area (Å²) >= 11 is 1.70. The Morgan fingerprint density at radius 3 is 3.15 bits per heavy atom. The lowest BCUT2D eigenvalue weighted by Gasteiger charge is -2.23. The minimum absolute atomic E-state index is 0.122. The van der Waals surface area contributed by atoms with Crippen molar-refractivity contribution in [3.05, 3.63) is 33.9 Å². The fourth-order valence-corrected chi connectivity index (χ4v) is 4.70. The minimum atomic E-state index is -3.53. The van der Waals surface area contributed by atoms with Gasteiger partial charge in [0.05, 0.1) is 6.20 Å². The lowest BCUT2D eigenvalue weighted by molar-refractivity contribution is 0.509. The van der Waals surface area contributed by atoms with Gasteiger partial charge in [0.2, 0.25) is 0 Å². The van der Waals surface area contributed by atoms with Crippen LogP contribution in [0.4, 0.5) is 0 Å². The van der Waals surface area contributed by atoms with Crippen molar-refractivity contribution < 1.29 is 8.42 Å². The molecule has 0 amide bonds. The van der Waals surface area contributed by atoms with E-state index in [4.69, 9.17) is 0 Å². The molecule has 2 aromatic heterocycles. The topological polar surface area (TPSA) is 74.8 Å². The summed E-state index contributed by atoms with van der Waals surface area (Å²) < 4.78 is 27.6. The molecule has 0 bridgehead atoms. The smallest absolute Gasteiger partial charge is 0.258 e. The molecule has 0 aromatic carbocycles. The third-order valence-electron chi connectivity index (χ3n) is 3.58. The predicted molar refractivity (Wildman–Crippen MR) is 78.3 cm³/mol. The minimum Gasteiger partial charge on any atom is -0.332 e. The van der Waals surface area contributed by atoms with Crippen LogP contribution >= 0.6 is 11.3 Å². The highest BCUT2D eigenvalue weighted by Crippen LogP contribution is 2.34. The van der Waals surface area contributed by atoms with Crippen molar-refractivity contribution in [3.63, 3.8) is 0 Å². The van der Waals surface area contributed by atoms with Crippen molar-refractivity contribution in [2.45, 2.75) is 43.7 Å². The summed E-state index contributed by atoms with van der Waals surface area (Å²) in [7, 11) is -3.53. The van der Waals surface area contributed by atoms with Gasteiger partial charge in [-0.2, -0.15) is 0 Å². The average molecular weight is 311 g/mol. The molecular formula is C13H17N3O2S2. The number of aryl methyl sites for hydroxylation is 2. The lowest BCUT2D eigenvalue weighted by Crippen LogP contribution is -2.30. The van der Waals surface area contributed by atoms with Crippen molar-refractivity contribution in [1.29, 1.82) is 0 Å². The zero-order valence-electron chi connectivity index (χ0n) is 11.2. The molecule has 2 heterocycles. The van der Waals surface area contributed by atoms with Gasteiger partial charge in [-0.15, -0.1) is 11.3 Å². The molecule has 7 heteroatoms. The van der Waals surface area contributed by atoms with Crippen LogP contribution in [0.15, 0.2) is 22.7 Å². The summed E-state index contributed by atoms with van der Waals surface area (Å²) in [5.74, 6) is 0.685. The van der Waals surface area contributed by atoms with Crippen LogP contribution in [0.2, 0.25) is 0 Å². The Hall–Kier alpha value is -1.18. The molecule has 1 aliphatic carbocycles. The summed E-state index contributed by atoms with van der Waals surface area (Å²) in [5, 5.41) is 2.18. The van der Waals surface area contributed by atoms with Gasteiger partial charge in [0.25, 0.3) is 10.0 Å². The highest BCUT2D eigenvalue weighted by atomic mass is 32.2. The van der Waals surface area contributed by atoms with Crippen molar-refractivity contribution in [1.82, 2.24) is 14.7 Å². The highest BCUT2D eigenvalue weighted by Gasteiger charge is 2.27. The number of nitrogens with zero attached hydrogens (tertiary/aromatic N) is 1. The number of H-pyrrole nitrogens is 1. The Labute approximate surface area is 122 Å². The van der Waals surface area contributed by atoms with Crippen LogP contribution in [0.25, 0.3) is 0 Å². The zero-order chi connectivity index (χ0) is 14.2. The van der Waals surface area contributed by atoms with E-state index in [1.807, 2.05) is 18.4 Å². The summed E-state index contributed by atoms with van der Waals surface area (Å²) in [4.78, 5) is 8.20. The van der Waals surface area contributed by atoms with Gasteiger partial charge in [-0.25, -0.2) is 18.1 Å². The molecule has 0 saturated carbocycles. The van der Waals surface area contributed by atoms with Gasteiger partial charge >= 0.3 is 0 Å². The van der Waals surface area contributed by atoms with Crippen molar-refractivity contribution in [3.8, 4) is 0 Å². The second kappa shape index (κ2) is 5.31. The maximum Gasteiger partial charge on any atom is 0.258 e. The van der Waals surface area contributed by atoms with Crippen LogP contribution in [-0.2, 0) is 22.9 Å². The lowest BCUT2D eigenvalue weighted by atomic mass is 9.95. The monoisotopic (exact) mass is 311 g/mol. The van der Waals surface area contributed by atoms with Gasteiger partial charge in [-0.05, 0) is 36.3 Å². The molecule has 0 spiro atoms. The molecule has 2 N–H and O–H groups in total. The van der Waals surface area contributed by atoms with Gasteiger partial charge in [-0.1, -0.05) is 6.92 Å². The molecule has 108 valence electrons. The van der Waals surface area contributed by atoms with Crippen LogP contribution in [0.1, 0.15) is 42.1 Å². The van der Waals surface area contributed by atoms with E-state index in [2.05, 4.69) is 14.7 Å². The molecule has 0 radical (unpaired) electrons. The SMILES string of the molecule is CCc1ncc(S(=O)(=O)NC2CCCc3sccc32)[nH]1. The number of rotatable bonds is 4. The van der Waals surface area contributed by atoms with E-state index in [1.165, 1.54) is 11.1 Å². The number of nitrogens with one attached hydrogen (secondary N) is 2. The first-order valence-electron chi connectivity index (χ1n) is 6.72. The third kappa shape index (κ3) is 2.53. The van der Waals surface area contributed by atoms with E-state index in [0.717, 1.165) is 24.8 Å². The molecule has 3 rings (SSSR count). The number of aromatic amines is 1. The van der Waals surface area contributed by atoms with Crippen molar-refractivity contribution in [2.75, 3.05) is 0 Å². The molecular weight excluding hydrogens is 294 g/mol. The molecule has 1 aliphatic rings. The second-order valence-corrected chi connectivity index (χ2v) is 7.60. The number of aromatic nitrogens is 2. The van der Waals surface area contributed by atoms with Crippen LogP contribution < -0.4 is 4.72 Å². The summed E-state index contributed by atoms with van der Waals surface area (Å²) in [6.45, 7) is 1.93. The van der Waals surface area contributed by atoms with Gasteiger partial charge in [0.15, 0.2) is 5.03 Å². The number of imidazole rings is 1. The summed E-state index contributed by atoms with van der Waals surface area (Å²) in [6, 6.07) is 1.90. The van der Waals surface area contributed by atoms with E-state index >= 15 is 0 Å². The van der Waals surface area contributed by atoms with Crippen LogP contribution in [0.5, 0.6) is 0 Å². The quantitative estimate of drug-likeness (QED) is 0.910. The first-order chi connectivity index (χ1) is 9.60. The predicted octanol–water partition coefficient (Wildman–Crippen LogP) is 2.39. The van der Waals surface area contributed by atoms with Crippen molar-refractivity contribution in [2.24, 2.45) is 0 Å². The highest BCUT2D eigenvalue weighted by molar-refractivity contribution is 7.89. The maximum absolute atomic E-state index is 12.4. The number of sulfonamides is 1. The summed E-state index contributed by atoms with van der Waals surface area (Å²) in [5.41, 5.74) is 1.13. The second-order valence-electron chi connectivity index (χ2n) is 4.91. The Morgan fingerprint density at radius 2 is 2.40 bits per heavy atom. The van der Waals surface area contributed by atoms with Crippen LogP contribution in [-0.4, -0.2) is 18.4 Å². The fraction of sp³-hybridized carbons (Fsp3) is 0.462. The van der Waals surface area contributed by atoms with E-state index in [-0.39, 0.29) is 11.1 Å². The van der Waals surface area contributed by atoms with Crippen LogP contribution in [0.3, 0.4) is 0 Å². The summed E-state index contributed by atoms with van der Waals surface area (Å²) in [6.07, 6.45) is 4.99. The fourth-order valence-electron chi connectivity index (χ4n) is 2.52. The van der Waals surface area contributed by atoms with Gasteiger partial charge < -0.3 is 4.98 Å². The Kier molecular flexibility index (Phi) is 3.66. The number of hydrogen-bond acceptors (Lipinski definition) is 4. The Balaban J connectivity index is 1.84. The molecule has 20 heavy (non-hydrogen) atoms.